The van der Waals surface area contributed by atoms with E-state index in [2.05, 4.69) is 37.2 Å². The van der Waals surface area contributed by atoms with Gasteiger partial charge in [-0.3, -0.25) is 4.79 Å². The molecule has 0 unspecified atom stereocenters. The van der Waals surface area contributed by atoms with Crippen LogP contribution >= 0.6 is 0 Å². The quantitative estimate of drug-likeness (QED) is 0.519. The van der Waals surface area contributed by atoms with E-state index < -0.39 is 0 Å². The van der Waals surface area contributed by atoms with Crippen molar-refractivity contribution in [3.05, 3.63) is 36.6 Å². The number of likely N-dealkylation sites (N-methyl/N-ethyl adjacent to an activating group) is 1. The van der Waals surface area contributed by atoms with Crippen molar-refractivity contribution >= 4 is 5.91 Å². The van der Waals surface area contributed by atoms with E-state index in [9.17, 15) is 4.79 Å². The van der Waals surface area contributed by atoms with Crippen LogP contribution in [0, 0.1) is 0 Å². The smallest absolute Gasteiger partial charge is 0.251 e. The van der Waals surface area contributed by atoms with Crippen LogP contribution in [-0.4, -0.2) is 30.4 Å². The number of carbonyl (C=O) groups is 1. The minimum atomic E-state index is -0.0878. The molecule has 0 saturated heterocycles. The summed E-state index contributed by atoms with van der Waals surface area (Å²) < 4.78 is 0. The molecule has 0 aromatic rings. The van der Waals surface area contributed by atoms with Crippen molar-refractivity contribution in [2.75, 3.05) is 19.6 Å². The lowest BCUT2D eigenvalue weighted by atomic mass is 10.2. The van der Waals surface area contributed by atoms with Crippen molar-refractivity contribution in [2.24, 2.45) is 0 Å². The van der Waals surface area contributed by atoms with E-state index in [0.29, 0.717) is 12.1 Å². The molecule has 0 spiro atoms. The maximum atomic E-state index is 11.8. The lowest BCUT2D eigenvalue weighted by Gasteiger charge is -2.21. The molecule has 0 saturated carbocycles. The average molecular weight is 236 g/mol. The molecule has 17 heavy (non-hydrogen) atoms. The molecular weight excluding hydrogens is 212 g/mol. The Balaban J connectivity index is 4.68. The Labute approximate surface area is 105 Å². The summed E-state index contributed by atoms with van der Waals surface area (Å²) in [7, 11) is 0. The summed E-state index contributed by atoms with van der Waals surface area (Å²) in [4.78, 5) is 13.9. The highest BCUT2D eigenvalue weighted by Gasteiger charge is 2.07. The van der Waals surface area contributed by atoms with Crippen LogP contribution < -0.4 is 5.32 Å². The molecule has 0 atom stereocenters. The molecule has 1 N–H and O–H groups in total. The van der Waals surface area contributed by atoms with Gasteiger partial charge in [0.2, 0.25) is 0 Å². The van der Waals surface area contributed by atoms with Crippen LogP contribution in [0.25, 0.3) is 0 Å². The van der Waals surface area contributed by atoms with E-state index in [0.717, 1.165) is 25.2 Å². The Hall–Kier alpha value is -1.51. The van der Waals surface area contributed by atoms with E-state index in [1.54, 1.807) is 12.2 Å². The zero-order valence-corrected chi connectivity index (χ0v) is 11.3. The minimum absolute atomic E-state index is 0.0878. The highest BCUT2D eigenvalue weighted by molar-refractivity contribution is 5.96. The standard InChI is InChI=1S/C14H24N2O/c1-6-10-15-14(17)13(7-2)11-12(5)16(8-3)9-4/h7,11H,2,5-6,8-10H2,1,3-4H3,(H,15,17)/b13-11+. The van der Waals surface area contributed by atoms with Crippen molar-refractivity contribution in [1.82, 2.24) is 10.2 Å². The number of nitrogens with zero attached hydrogens (tertiary/aromatic N) is 1. The molecule has 0 fully saturated rings. The SMILES string of the molecule is C=C/C(=C\C(=C)N(CC)CC)C(=O)NCCC. The van der Waals surface area contributed by atoms with Crippen LogP contribution in [0.1, 0.15) is 27.2 Å². The molecule has 1 amide bonds. The summed E-state index contributed by atoms with van der Waals surface area (Å²) in [5.74, 6) is -0.0878. The summed E-state index contributed by atoms with van der Waals surface area (Å²) in [5, 5.41) is 2.83. The molecule has 0 rings (SSSR count). The normalized spacial score (nSPS) is 10.9. The van der Waals surface area contributed by atoms with Gasteiger partial charge in [-0.25, -0.2) is 0 Å². The summed E-state index contributed by atoms with van der Waals surface area (Å²) in [6, 6.07) is 0. The van der Waals surface area contributed by atoms with E-state index in [4.69, 9.17) is 0 Å². The fourth-order valence-corrected chi connectivity index (χ4v) is 1.46. The van der Waals surface area contributed by atoms with Gasteiger partial charge in [0.1, 0.15) is 0 Å². The molecule has 96 valence electrons. The highest BCUT2D eigenvalue weighted by Crippen LogP contribution is 2.07. The van der Waals surface area contributed by atoms with Gasteiger partial charge in [-0.1, -0.05) is 26.2 Å². The first kappa shape index (κ1) is 15.5. The molecule has 0 aliphatic rings. The number of hydrogen-bond donors (Lipinski definition) is 1. The van der Waals surface area contributed by atoms with Crippen LogP contribution in [-0.2, 0) is 4.79 Å². The fraction of sp³-hybridized carbons (Fsp3) is 0.500. The Bertz CT molecular complexity index is 301. The number of allylic oxidation sites excluding steroid dienone is 1. The summed E-state index contributed by atoms with van der Waals surface area (Å²) >= 11 is 0. The van der Waals surface area contributed by atoms with Gasteiger partial charge in [0.05, 0.1) is 0 Å². The second kappa shape index (κ2) is 8.62. The molecule has 0 heterocycles. The van der Waals surface area contributed by atoms with Gasteiger partial charge in [-0.15, -0.1) is 0 Å². The number of amides is 1. The lowest BCUT2D eigenvalue weighted by molar-refractivity contribution is -0.117. The molecule has 0 aromatic carbocycles. The van der Waals surface area contributed by atoms with E-state index in [1.807, 2.05) is 6.92 Å². The van der Waals surface area contributed by atoms with Crippen molar-refractivity contribution < 1.29 is 4.79 Å². The molecule has 0 bridgehead atoms. The zero-order valence-electron chi connectivity index (χ0n) is 11.3. The first-order valence-electron chi connectivity index (χ1n) is 6.16. The molecule has 3 heteroatoms. The van der Waals surface area contributed by atoms with Crippen LogP contribution in [0.2, 0.25) is 0 Å². The zero-order chi connectivity index (χ0) is 13.3. The third kappa shape index (κ3) is 5.38. The summed E-state index contributed by atoms with van der Waals surface area (Å²) in [6.45, 7) is 16.2. The average Bonchev–Trinajstić information content (AvgIpc) is 2.34. The second-order valence-electron chi connectivity index (χ2n) is 3.72. The highest BCUT2D eigenvalue weighted by atomic mass is 16.1. The second-order valence-corrected chi connectivity index (χ2v) is 3.72. The molecule has 0 radical (unpaired) electrons. The number of hydrogen-bond acceptors (Lipinski definition) is 2. The number of rotatable bonds is 8. The fourth-order valence-electron chi connectivity index (χ4n) is 1.46. The topological polar surface area (TPSA) is 32.3 Å². The minimum Gasteiger partial charge on any atom is -0.373 e. The van der Waals surface area contributed by atoms with Gasteiger partial charge in [0.25, 0.3) is 5.91 Å². The number of nitrogens with one attached hydrogen (secondary N) is 1. The van der Waals surface area contributed by atoms with E-state index in [-0.39, 0.29) is 5.91 Å². The Morgan fingerprint density at radius 3 is 2.29 bits per heavy atom. The van der Waals surface area contributed by atoms with Crippen LogP contribution in [0.4, 0.5) is 0 Å². The van der Waals surface area contributed by atoms with E-state index >= 15 is 0 Å². The summed E-state index contributed by atoms with van der Waals surface area (Å²) in [5.41, 5.74) is 1.41. The molecule has 0 aliphatic carbocycles. The van der Waals surface area contributed by atoms with Crippen LogP contribution in [0.15, 0.2) is 36.6 Å². The van der Waals surface area contributed by atoms with Crippen LogP contribution in [0.5, 0.6) is 0 Å². The largest absolute Gasteiger partial charge is 0.373 e. The van der Waals surface area contributed by atoms with Gasteiger partial charge in [-0.2, -0.15) is 0 Å². The first-order chi connectivity index (χ1) is 8.10. The van der Waals surface area contributed by atoms with Crippen molar-refractivity contribution in [3.63, 3.8) is 0 Å². The van der Waals surface area contributed by atoms with Gasteiger partial charge in [0.15, 0.2) is 0 Å². The van der Waals surface area contributed by atoms with E-state index in [1.165, 1.54) is 0 Å². The van der Waals surface area contributed by atoms with Crippen LogP contribution in [0.3, 0.4) is 0 Å². The van der Waals surface area contributed by atoms with Crippen molar-refractivity contribution in [3.8, 4) is 0 Å². The maximum Gasteiger partial charge on any atom is 0.251 e. The van der Waals surface area contributed by atoms with Crippen molar-refractivity contribution in [2.45, 2.75) is 27.2 Å². The Morgan fingerprint density at radius 1 is 1.29 bits per heavy atom. The maximum absolute atomic E-state index is 11.8. The third-order valence-corrected chi connectivity index (χ3v) is 2.51. The van der Waals surface area contributed by atoms with Crippen molar-refractivity contribution in [1.29, 1.82) is 0 Å². The predicted molar refractivity (Wildman–Crippen MR) is 73.6 cm³/mol. The van der Waals surface area contributed by atoms with Gasteiger partial charge >= 0.3 is 0 Å². The van der Waals surface area contributed by atoms with Gasteiger partial charge in [-0.05, 0) is 26.3 Å². The Morgan fingerprint density at radius 2 is 1.88 bits per heavy atom. The molecule has 0 aliphatic heterocycles. The van der Waals surface area contributed by atoms with Gasteiger partial charge < -0.3 is 10.2 Å². The third-order valence-electron chi connectivity index (χ3n) is 2.51. The summed E-state index contributed by atoms with van der Waals surface area (Å²) in [6.07, 6.45) is 4.28. The number of carbonyl (C=O) groups excluding carboxylic acids is 1. The Kier molecular flexibility index (Phi) is 7.85. The monoisotopic (exact) mass is 236 g/mol. The molecule has 3 nitrogen and oxygen atoms in total. The lowest BCUT2D eigenvalue weighted by Crippen LogP contribution is -2.26. The molecular formula is C14H24N2O. The van der Waals surface area contributed by atoms with Gasteiger partial charge in [0, 0.05) is 30.9 Å². The predicted octanol–water partition coefficient (Wildman–Crippen LogP) is 2.48. The molecule has 0 aromatic heterocycles. The first-order valence-corrected chi connectivity index (χ1v) is 6.16.